The highest BCUT2D eigenvalue weighted by Gasteiger charge is 2.33. The lowest BCUT2D eigenvalue weighted by Gasteiger charge is -2.27. The molecule has 0 aromatic carbocycles. The van der Waals surface area contributed by atoms with Crippen LogP contribution in [-0.4, -0.2) is 37.9 Å². The molecule has 0 heterocycles. The maximum Gasteiger partial charge on any atom is 0.326 e. The van der Waals surface area contributed by atoms with E-state index in [2.05, 4.69) is 5.32 Å². The zero-order valence-electron chi connectivity index (χ0n) is 10.3. The Hall–Kier alpha value is -0.610. The highest BCUT2D eigenvalue weighted by atomic mass is 16.5. The molecule has 0 aliphatic carbocycles. The van der Waals surface area contributed by atoms with E-state index in [0.717, 1.165) is 6.54 Å². The molecule has 0 amide bonds. The Morgan fingerprint density at radius 1 is 1.27 bits per heavy atom. The highest BCUT2D eigenvalue weighted by Crippen LogP contribution is 2.12. The third-order valence-corrected chi connectivity index (χ3v) is 2.24. The molecule has 1 N–H and O–H groups in total. The molecular formula is C11H23NO3. The first-order valence-corrected chi connectivity index (χ1v) is 5.60. The summed E-state index contributed by atoms with van der Waals surface area (Å²) in [5.41, 5.74) is -0.625. The molecule has 0 aromatic heterocycles. The van der Waals surface area contributed by atoms with Gasteiger partial charge in [0.15, 0.2) is 0 Å². The van der Waals surface area contributed by atoms with Gasteiger partial charge in [0.1, 0.15) is 5.54 Å². The lowest BCUT2D eigenvalue weighted by atomic mass is 9.98. The molecule has 0 bridgehead atoms. The van der Waals surface area contributed by atoms with Gasteiger partial charge in [0.2, 0.25) is 0 Å². The van der Waals surface area contributed by atoms with Gasteiger partial charge < -0.3 is 14.8 Å². The molecule has 0 saturated carbocycles. The molecule has 0 saturated heterocycles. The van der Waals surface area contributed by atoms with E-state index >= 15 is 0 Å². The van der Waals surface area contributed by atoms with E-state index < -0.39 is 5.54 Å². The van der Waals surface area contributed by atoms with Crippen LogP contribution in [0.1, 0.15) is 34.1 Å². The number of nitrogens with one attached hydrogen (secondary N) is 1. The fourth-order valence-electron chi connectivity index (χ4n) is 1.36. The number of esters is 1. The lowest BCUT2D eigenvalue weighted by molar-refractivity contribution is -0.151. The van der Waals surface area contributed by atoms with E-state index in [1.54, 1.807) is 0 Å². The zero-order chi connectivity index (χ0) is 11.7. The number of carbonyl (C=O) groups excluding carboxylic acids is 1. The molecule has 90 valence electrons. The van der Waals surface area contributed by atoms with E-state index in [4.69, 9.17) is 9.47 Å². The fraction of sp³-hybridized carbons (Fsp3) is 0.909. The summed E-state index contributed by atoms with van der Waals surface area (Å²) < 4.78 is 10.3. The number of hydrogen-bond donors (Lipinski definition) is 1. The topological polar surface area (TPSA) is 47.6 Å². The number of rotatable bonds is 8. The lowest BCUT2D eigenvalue weighted by Crippen LogP contribution is -2.51. The fourth-order valence-corrected chi connectivity index (χ4v) is 1.36. The molecule has 1 atom stereocenters. The number of carbonyl (C=O) groups is 1. The molecule has 0 fully saturated rings. The number of ether oxygens (including phenoxy) is 2. The summed E-state index contributed by atoms with van der Waals surface area (Å²) in [6.07, 6.45) is 0.632. The van der Waals surface area contributed by atoms with Crippen LogP contribution in [0.25, 0.3) is 0 Å². The van der Waals surface area contributed by atoms with Crippen molar-refractivity contribution in [3.05, 3.63) is 0 Å². The van der Waals surface area contributed by atoms with Crippen molar-refractivity contribution in [2.75, 3.05) is 26.4 Å². The van der Waals surface area contributed by atoms with E-state index in [1.165, 1.54) is 0 Å². The number of likely N-dealkylation sites (N-methyl/N-ethyl adjacent to an activating group) is 1. The van der Waals surface area contributed by atoms with Crippen LogP contribution in [0.2, 0.25) is 0 Å². The van der Waals surface area contributed by atoms with Crippen molar-refractivity contribution in [2.24, 2.45) is 0 Å². The Balaban J connectivity index is 4.22. The van der Waals surface area contributed by atoms with Gasteiger partial charge in [0.25, 0.3) is 0 Å². The number of hydrogen-bond acceptors (Lipinski definition) is 4. The van der Waals surface area contributed by atoms with E-state index in [9.17, 15) is 4.79 Å². The molecular weight excluding hydrogens is 194 g/mol. The van der Waals surface area contributed by atoms with E-state index in [0.29, 0.717) is 26.2 Å². The predicted molar refractivity (Wildman–Crippen MR) is 59.8 cm³/mol. The van der Waals surface area contributed by atoms with Gasteiger partial charge >= 0.3 is 5.97 Å². The van der Waals surface area contributed by atoms with Gasteiger partial charge in [0, 0.05) is 13.2 Å². The summed E-state index contributed by atoms with van der Waals surface area (Å²) >= 11 is 0. The Morgan fingerprint density at radius 3 is 2.40 bits per heavy atom. The Labute approximate surface area is 92.3 Å². The molecule has 0 rings (SSSR count). The van der Waals surface area contributed by atoms with Gasteiger partial charge in [0.05, 0.1) is 6.61 Å². The normalized spacial score (nSPS) is 14.7. The van der Waals surface area contributed by atoms with Gasteiger partial charge in [-0.05, 0) is 33.7 Å². The maximum atomic E-state index is 11.7. The molecule has 1 unspecified atom stereocenters. The summed E-state index contributed by atoms with van der Waals surface area (Å²) in [4.78, 5) is 11.7. The monoisotopic (exact) mass is 217 g/mol. The zero-order valence-corrected chi connectivity index (χ0v) is 10.3. The van der Waals surface area contributed by atoms with Gasteiger partial charge in [-0.1, -0.05) is 6.92 Å². The van der Waals surface area contributed by atoms with E-state index in [1.807, 2.05) is 27.7 Å². The van der Waals surface area contributed by atoms with Crippen molar-refractivity contribution in [3.8, 4) is 0 Å². The summed E-state index contributed by atoms with van der Waals surface area (Å²) in [6, 6.07) is 0. The minimum atomic E-state index is -0.625. The Bertz CT molecular complexity index is 185. The second kappa shape index (κ2) is 7.65. The van der Waals surface area contributed by atoms with Gasteiger partial charge in [-0.2, -0.15) is 0 Å². The maximum absolute atomic E-state index is 11.7. The van der Waals surface area contributed by atoms with Gasteiger partial charge in [-0.25, -0.2) is 0 Å². The van der Waals surface area contributed by atoms with Crippen molar-refractivity contribution in [3.63, 3.8) is 0 Å². The van der Waals surface area contributed by atoms with Crippen molar-refractivity contribution in [2.45, 2.75) is 39.7 Å². The minimum absolute atomic E-state index is 0.202. The second-order valence-electron chi connectivity index (χ2n) is 3.53. The van der Waals surface area contributed by atoms with Gasteiger partial charge in [-0.3, -0.25) is 4.79 Å². The highest BCUT2D eigenvalue weighted by molar-refractivity contribution is 5.80. The summed E-state index contributed by atoms with van der Waals surface area (Å²) in [5, 5.41) is 3.15. The SMILES string of the molecule is CCNC(C)(CCOCC)C(=O)OCC. The van der Waals surface area contributed by atoms with Crippen molar-refractivity contribution >= 4 is 5.97 Å². The Kier molecular flexibility index (Phi) is 7.34. The van der Waals surface area contributed by atoms with Crippen LogP contribution >= 0.6 is 0 Å². The molecule has 0 aliphatic heterocycles. The van der Waals surface area contributed by atoms with Crippen LogP contribution in [0.3, 0.4) is 0 Å². The molecule has 0 aliphatic rings. The van der Waals surface area contributed by atoms with Crippen LogP contribution in [0.15, 0.2) is 0 Å². The summed E-state index contributed by atoms with van der Waals surface area (Å²) in [5.74, 6) is -0.202. The van der Waals surface area contributed by atoms with Crippen LogP contribution in [0, 0.1) is 0 Å². The molecule has 15 heavy (non-hydrogen) atoms. The largest absolute Gasteiger partial charge is 0.465 e. The van der Waals surface area contributed by atoms with Crippen molar-refractivity contribution < 1.29 is 14.3 Å². The van der Waals surface area contributed by atoms with Gasteiger partial charge in [-0.15, -0.1) is 0 Å². The van der Waals surface area contributed by atoms with Crippen molar-refractivity contribution in [1.82, 2.24) is 5.32 Å². The molecule has 0 spiro atoms. The first-order chi connectivity index (χ1) is 7.10. The second-order valence-corrected chi connectivity index (χ2v) is 3.53. The standard InChI is InChI=1S/C11H23NO3/c1-5-12-11(4,8-9-14-6-2)10(13)15-7-3/h12H,5-9H2,1-4H3. The molecule has 0 radical (unpaired) electrons. The molecule has 4 heteroatoms. The predicted octanol–water partition coefficient (Wildman–Crippen LogP) is 1.34. The molecule has 4 nitrogen and oxygen atoms in total. The van der Waals surface area contributed by atoms with Crippen LogP contribution in [0.4, 0.5) is 0 Å². The van der Waals surface area contributed by atoms with E-state index in [-0.39, 0.29) is 5.97 Å². The van der Waals surface area contributed by atoms with Crippen LogP contribution in [-0.2, 0) is 14.3 Å². The van der Waals surface area contributed by atoms with Crippen LogP contribution < -0.4 is 5.32 Å². The average molecular weight is 217 g/mol. The first kappa shape index (κ1) is 14.4. The summed E-state index contributed by atoms with van der Waals surface area (Å²) in [7, 11) is 0. The molecule has 0 aromatic rings. The third-order valence-electron chi connectivity index (χ3n) is 2.24. The van der Waals surface area contributed by atoms with Crippen LogP contribution in [0.5, 0.6) is 0 Å². The minimum Gasteiger partial charge on any atom is -0.465 e. The third kappa shape index (κ3) is 5.14. The summed E-state index contributed by atoms with van der Waals surface area (Å²) in [6.45, 7) is 9.97. The quantitative estimate of drug-likeness (QED) is 0.492. The van der Waals surface area contributed by atoms with Crippen molar-refractivity contribution in [1.29, 1.82) is 0 Å². The average Bonchev–Trinajstić information content (AvgIpc) is 2.19. The smallest absolute Gasteiger partial charge is 0.326 e. The first-order valence-electron chi connectivity index (χ1n) is 5.60. The Morgan fingerprint density at radius 2 is 1.93 bits per heavy atom.